The van der Waals surface area contributed by atoms with E-state index in [2.05, 4.69) is 0 Å². The Morgan fingerprint density at radius 2 is 1.84 bits per heavy atom. The molecule has 164 valence electrons. The van der Waals surface area contributed by atoms with Crippen molar-refractivity contribution < 1.29 is 28.5 Å². The molecule has 0 radical (unpaired) electrons. The minimum absolute atomic E-state index is 0.0183. The van der Waals surface area contributed by atoms with Crippen molar-refractivity contribution in [1.82, 2.24) is 4.90 Å². The van der Waals surface area contributed by atoms with Gasteiger partial charge in [0.1, 0.15) is 0 Å². The molecule has 0 N–H and O–H groups in total. The predicted octanol–water partition coefficient (Wildman–Crippen LogP) is 3.80. The average Bonchev–Trinajstić information content (AvgIpc) is 3.16. The Morgan fingerprint density at radius 1 is 1.03 bits per heavy atom. The van der Waals surface area contributed by atoms with Crippen LogP contribution in [0.25, 0.3) is 0 Å². The summed E-state index contributed by atoms with van der Waals surface area (Å²) in [5, 5.41) is 0. The first-order chi connectivity index (χ1) is 15.1. The molecule has 7 nitrogen and oxygen atoms in total. The van der Waals surface area contributed by atoms with Crippen LogP contribution in [0.3, 0.4) is 0 Å². The van der Waals surface area contributed by atoms with E-state index >= 15 is 0 Å². The van der Waals surface area contributed by atoms with Crippen LogP contribution in [0.1, 0.15) is 48.1 Å². The number of carbonyl (C=O) groups is 2. The topological polar surface area (TPSA) is 74.3 Å². The molecule has 2 aliphatic heterocycles. The lowest BCUT2D eigenvalue weighted by Crippen LogP contribution is -2.34. The molecular formula is C24H27NO6. The molecule has 2 heterocycles. The van der Waals surface area contributed by atoms with E-state index in [1.807, 2.05) is 23.1 Å². The number of ketones is 1. The van der Waals surface area contributed by atoms with Gasteiger partial charge < -0.3 is 23.8 Å². The number of rotatable bonds is 6. The van der Waals surface area contributed by atoms with Crippen molar-refractivity contribution >= 4 is 11.7 Å². The number of Topliss-reactive ketones (excluding diaryl/α,β-unsaturated/α-hetero) is 1. The highest BCUT2D eigenvalue weighted by Crippen LogP contribution is 2.38. The van der Waals surface area contributed by atoms with Crippen LogP contribution < -0.4 is 18.9 Å². The normalized spacial score (nSPS) is 17.7. The van der Waals surface area contributed by atoms with Crippen LogP contribution in [-0.2, 0) is 4.79 Å². The first-order valence-corrected chi connectivity index (χ1v) is 10.6. The van der Waals surface area contributed by atoms with Gasteiger partial charge in [0.2, 0.25) is 0 Å². The molecule has 1 fully saturated rings. The first-order valence-electron chi connectivity index (χ1n) is 10.6. The van der Waals surface area contributed by atoms with Gasteiger partial charge in [-0.3, -0.25) is 9.59 Å². The Morgan fingerprint density at radius 3 is 2.61 bits per heavy atom. The lowest BCUT2D eigenvalue weighted by molar-refractivity contribution is -0.134. The summed E-state index contributed by atoms with van der Waals surface area (Å²) >= 11 is 0. The van der Waals surface area contributed by atoms with Crippen LogP contribution in [-0.4, -0.2) is 50.1 Å². The Labute approximate surface area is 181 Å². The van der Waals surface area contributed by atoms with Crippen molar-refractivity contribution in [2.45, 2.75) is 32.2 Å². The summed E-state index contributed by atoms with van der Waals surface area (Å²) < 4.78 is 22.6. The number of benzene rings is 2. The van der Waals surface area contributed by atoms with Gasteiger partial charge in [-0.1, -0.05) is 6.07 Å². The highest BCUT2D eigenvalue weighted by atomic mass is 16.5. The number of methoxy groups -OCH3 is 1. The predicted molar refractivity (Wildman–Crippen MR) is 114 cm³/mol. The minimum Gasteiger partial charge on any atom is -0.493 e. The highest BCUT2D eigenvalue weighted by molar-refractivity contribution is 5.94. The SMILES string of the molecule is COc1cc(C(C)=O)ccc1OCC(=O)N1CCCC1c1ccc2c(c1)OCCCO2. The third-order valence-electron chi connectivity index (χ3n) is 5.65. The number of ether oxygens (including phenoxy) is 4. The number of amides is 1. The summed E-state index contributed by atoms with van der Waals surface area (Å²) in [5.41, 5.74) is 1.57. The van der Waals surface area contributed by atoms with Gasteiger partial charge in [0, 0.05) is 18.5 Å². The molecule has 2 aliphatic rings. The third kappa shape index (κ3) is 4.60. The van der Waals surface area contributed by atoms with Gasteiger partial charge in [0.05, 0.1) is 26.4 Å². The molecule has 7 heteroatoms. The van der Waals surface area contributed by atoms with Crippen LogP contribution in [0.15, 0.2) is 36.4 Å². The summed E-state index contributed by atoms with van der Waals surface area (Å²) in [6.45, 7) is 3.35. The summed E-state index contributed by atoms with van der Waals surface area (Å²) in [6.07, 6.45) is 2.68. The Balaban J connectivity index is 1.45. The fourth-order valence-corrected chi connectivity index (χ4v) is 4.03. The van der Waals surface area contributed by atoms with E-state index in [4.69, 9.17) is 18.9 Å². The molecule has 0 spiro atoms. The van der Waals surface area contributed by atoms with Gasteiger partial charge in [0.25, 0.3) is 5.91 Å². The summed E-state index contributed by atoms with van der Waals surface area (Å²) in [6, 6.07) is 10.9. The number of likely N-dealkylation sites (tertiary alicyclic amines) is 1. The Hall–Kier alpha value is -3.22. The lowest BCUT2D eigenvalue weighted by atomic mass is 10.0. The molecule has 0 aliphatic carbocycles. The van der Waals surface area contributed by atoms with Crippen molar-refractivity contribution in [3.05, 3.63) is 47.5 Å². The molecule has 31 heavy (non-hydrogen) atoms. The summed E-state index contributed by atoms with van der Waals surface area (Å²) in [5.74, 6) is 2.21. The monoisotopic (exact) mass is 425 g/mol. The van der Waals surface area contributed by atoms with Gasteiger partial charge in [-0.25, -0.2) is 0 Å². The molecule has 1 amide bonds. The molecule has 4 rings (SSSR count). The second-order valence-electron chi connectivity index (χ2n) is 7.71. The van der Waals surface area contributed by atoms with Crippen LogP contribution in [0.5, 0.6) is 23.0 Å². The second kappa shape index (κ2) is 9.29. The van der Waals surface area contributed by atoms with Crippen LogP contribution in [0.4, 0.5) is 0 Å². The zero-order chi connectivity index (χ0) is 21.8. The lowest BCUT2D eigenvalue weighted by Gasteiger charge is -2.26. The van der Waals surface area contributed by atoms with Crippen LogP contribution in [0.2, 0.25) is 0 Å². The van der Waals surface area contributed by atoms with E-state index in [1.54, 1.807) is 18.2 Å². The van der Waals surface area contributed by atoms with E-state index in [0.717, 1.165) is 36.3 Å². The maximum absolute atomic E-state index is 13.0. The quantitative estimate of drug-likeness (QED) is 0.656. The van der Waals surface area contributed by atoms with Crippen molar-refractivity contribution in [2.24, 2.45) is 0 Å². The van der Waals surface area contributed by atoms with Crippen molar-refractivity contribution in [3.63, 3.8) is 0 Å². The van der Waals surface area contributed by atoms with E-state index in [9.17, 15) is 9.59 Å². The molecule has 2 aromatic rings. The second-order valence-corrected chi connectivity index (χ2v) is 7.71. The molecule has 2 aromatic carbocycles. The minimum atomic E-state index is -0.100. The maximum atomic E-state index is 13.0. The average molecular weight is 425 g/mol. The molecule has 0 bridgehead atoms. The molecule has 1 unspecified atom stereocenters. The van der Waals surface area contributed by atoms with Gasteiger partial charge in [-0.2, -0.15) is 0 Å². The number of hydrogen-bond donors (Lipinski definition) is 0. The molecular weight excluding hydrogens is 398 g/mol. The zero-order valence-electron chi connectivity index (χ0n) is 17.9. The van der Waals surface area contributed by atoms with Gasteiger partial charge in [-0.05, 0) is 55.7 Å². The van der Waals surface area contributed by atoms with Crippen molar-refractivity contribution in [1.29, 1.82) is 0 Å². The van der Waals surface area contributed by atoms with Gasteiger partial charge in [-0.15, -0.1) is 0 Å². The first kappa shape index (κ1) is 21.0. The number of nitrogens with zero attached hydrogens (tertiary/aromatic N) is 1. The number of fused-ring (bicyclic) bond motifs is 1. The molecule has 0 saturated carbocycles. The standard InChI is InChI=1S/C24H27NO6/c1-16(26)17-6-8-20(22(13-17)28-2)31-15-24(27)25-10-3-5-19(25)18-7-9-21-23(14-18)30-12-4-11-29-21/h6-9,13-14,19H,3-5,10-12,15H2,1-2H3. The maximum Gasteiger partial charge on any atom is 0.261 e. The van der Waals surface area contributed by atoms with Crippen molar-refractivity contribution in [2.75, 3.05) is 33.5 Å². The highest BCUT2D eigenvalue weighted by Gasteiger charge is 2.31. The van der Waals surface area contributed by atoms with Gasteiger partial charge in [0.15, 0.2) is 35.4 Å². The Kier molecular flexibility index (Phi) is 6.30. The van der Waals surface area contributed by atoms with E-state index in [1.165, 1.54) is 14.0 Å². The largest absolute Gasteiger partial charge is 0.493 e. The summed E-state index contributed by atoms with van der Waals surface area (Å²) in [7, 11) is 1.51. The fraction of sp³-hybridized carbons (Fsp3) is 0.417. The van der Waals surface area contributed by atoms with E-state index in [0.29, 0.717) is 36.8 Å². The fourth-order valence-electron chi connectivity index (χ4n) is 4.03. The Bertz CT molecular complexity index is 973. The van der Waals surface area contributed by atoms with Gasteiger partial charge >= 0.3 is 0 Å². The summed E-state index contributed by atoms with van der Waals surface area (Å²) in [4.78, 5) is 26.4. The number of carbonyl (C=O) groups excluding carboxylic acids is 2. The third-order valence-corrected chi connectivity index (χ3v) is 5.65. The molecule has 1 atom stereocenters. The van der Waals surface area contributed by atoms with E-state index < -0.39 is 0 Å². The number of hydrogen-bond acceptors (Lipinski definition) is 6. The molecule has 0 aromatic heterocycles. The smallest absolute Gasteiger partial charge is 0.261 e. The van der Waals surface area contributed by atoms with E-state index in [-0.39, 0.29) is 24.3 Å². The zero-order valence-corrected chi connectivity index (χ0v) is 17.9. The van der Waals surface area contributed by atoms with Crippen LogP contribution >= 0.6 is 0 Å². The van der Waals surface area contributed by atoms with Crippen LogP contribution in [0, 0.1) is 0 Å². The molecule has 1 saturated heterocycles. The van der Waals surface area contributed by atoms with Crippen molar-refractivity contribution in [3.8, 4) is 23.0 Å².